The first-order valence-corrected chi connectivity index (χ1v) is 10.1. The molecule has 29 heavy (non-hydrogen) atoms. The van der Waals surface area contributed by atoms with Gasteiger partial charge in [0.2, 0.25) is 17.7 Å². The Hall–Kier alpha value is -2.29. The zero-order valence-electron chi connectivity index (χ0n) is 16.9. The predicted octanol–water partition coefficient (Wildman–Crippen LogP) is 0.387. The molecule has 3 aliphatic heterocycles. The van der Waals surface area contributed by atoms with Gasteiger partial charge in [0.25, 0.3) is 0 Å². The van der Waals surface area contributed by atoms with Gasteiger partial charge in [-0.05, 0) is 31.4 Å². The van der Waals surface area contributed by atoms with E-state index in [0.29, 0.717) is 24.3 Å². The van der Waals surface area contributed by atoms with Crippen molar-refractivity contribution in [2.24, 2.45) is 11.8 Å². The number of amides is 3. The first-order valence-electron chi connectivity index (χ1n) is 10.1. The van der Waals surface area contributed by atoms with Crippen LogP contribution in [0.2, 0.25) is 0 Å². The molecule has 2 fully saturated rings. The summed E-state index contributed by atoms with van der Waals surface area (Å²) in [6.07, 6.45) is 0.404. The standard InChI is InChI=1S/C21H27N3O5/c1-4-12-6-7-14-13(10-12)21(20(28)22-14)16-15(17(23-21)11(2)25)18(26)24(19(16)27)8-5-9-29-3/h6-7,10-11,15-17,23,25H,4-5,8-9H2,1-3H3,(H,22,28)/t11-,15+,16-,17+,21-/m1/s1. The number of ether oxygens (including phenoxy) is 1. The third kappa shape index (κ3) is 2.73. The fourth-order valence-corrected chi connectivity index (χ4v) is 5.06. The van der Waals surface area contributed by atoms with E-state index < -0.39 is 29.5 Å². The van der Waals surface area contributed by atoms with Crippen LogP contribution in [0.5, 0.6) is 0 Å². The summed E-state index contributed by atoms with van der Waals surface area (Å²) in [4.78, 5) is 41.0. The van der Waals surface area contributed by atoms with Gasteiger partial charge in [-0.15, -0.1) is 0 Å². The lowest BCUT2D eigenvalue weighted by atomic mass is 9.76. The van der Waals surface area contributed by atoms with Gasteiger partial charge in [0.15, 0.2) is 0 Å². The SMILES string of the molecule is CCc1ccc2c(c1)[C@]1(N[C@@H]([C@@H](C)O)[C@H]3C(=O)N(CCCOC)C(=O)[C@@H]31)C(=O)N2. The molecule has 4 rings (SSSR count). The molecule has 0 unspecified atom stereocenters. The number of nitrogens with zero attached hydrogens (tertiary/aromatic N) is 1. The van der Waals surface area contributed by atoms with Gasteiger partial charge in [-0.1, -0.05) is 19.1 Å². The van der Waals surface area contributed by atoms with Crippen molar-refractivity contribution < 1.29 is 24.2 Å². The third-order valence-corrected chi connectivity index (χ3v) is 6.46. The number of fused-ring (bicyclic) bond motifs is 4. The summed E-state index contributed by atoms with van der Waals surface area (Å²) in [5.74, 6) is -2.72. The molecular weight excluding hydrogens is 374 g/mol. The van der Waals surface area contributed by atoms with Crippen LogP contribution in [0.15, 0.2) is 18.2 Å². The average Bonchev–Trinajstić information content (AvgIpc) is 3.28. The Morgan fingerprint density at radius 2 is 2.03 bits per heavy atom. The number of aryl methyl sites for hydroxylation is 1. The second-order valence-corrected chi connectivity index (χ2v) is 8.08. The third-order valence-electron chi connectivity index (χ3n) is 6.46. The fraction of sp³-hybridized carbons (Fsp3) is 0.571. The fourth-order valence-electron chi connectivity index (χ4n) is 5.06. The van der Waals surface area contributed by atoms with Crippen LogP contribution in [-0.2, 0) is 31.1 Å². The van der Waals surface area contributed by atoms with Crippen molar-refractivity contribution in [1.82, 2.24) is 10.2 Å². The second-order valence-electron chi connectivity index (χ2n) is 8.08. The summed E-state index contributed by atoms with van der Waals surface area (Å²) < 4.78 is 5.04. The van der Waals surface area contributed by atoms with Crippen LogP contribution < -0.4 is 10.6 Å². The molecule has 1 aromatic rings. The molecule has 0 radical (unpaired) electrons. The monoisotopic (exact) mass is 401 g/mol. The zero-order chi connectivity index (χ0) is 20.9. The number of anilines is 1. The summed E-state index contributed by atoms with van der Waals surface area (Å²) in [5, 5.41) is 16.5. The van der Waals surface area contributed by atoms with Crippen LogP contribution in [0.25, 0.3) is 0 Å². The largest absolute Gasteiger partial charge is 0.392 e. The van der Waals surface area contributed by atoms with E-state index in [4.69, 9.17) is 4.74 Å². The molecule has 8 nitrogen and oxygen atoms in total. The van der Waals surface area contributed by atoms with Crippen LogP contribution in [-0.4, -0.2) is 60.1 Å². The average molecular weight is 401 g/mol. The Kier molecular flexibility index (Phi) is 4.96. The van der Waals surface area contributed by atoms with Crippen LogP contribution in [0, 0.1) is 11.8 Å². The molecule has 8 heteroatoms. The lowest BCUT2D eigenvalue weighted by Gasteiger charge is -2.30. The number of benzene rings is 1. The number of rotatable bonds is 6. The topological polar surface area (TPSA) is 108 Å². The number of nitrogens with one attached hydrogen (secondary N) is 2. The highest BCUT2D eigenvalue weighted by Crippen LogP contribution is 2.53. The van der Waals surface area contributed by atoms with Crippen molar-refractivity contribution in [2.45, 2.75) is 44.4 Å². The second kappa shape index (κ2) is 7.19. The maximum absolute atomic E-state index is 13.4. The van der Waals surface area contributed by atoms with Crippen molar-refractivity contribution in [1.29, 1.82) is 0 Å². The summed E-state index contributed by atoms with van der Waals surface area (Å²) in [6.45, 7) is 4.27. The van der Waals surface area contributed by atoms with Gasteiger partial charge in [0.1, 0.15) is 5.54 Å². The van der Waals surface area contributed by atoms with E-state index in [0.717, 1.165) is 12.0 Å². The normalized spacial score (nSPS) is 31.4. The molecule has 0 saturated carbocycles. The number of aliphatic hydroxyl groups is 1. The van der Waals surface area contributed by atoms with Crippen molar-refractivity contribution in [3.05, 3.63) is 29.3 Å². The van der Waals surface area contributed by atoms with Crippen LogP contribution in [0.3, 0.4) is 0 Å². The van der Waals surface area contributed by atoms with Gasteiger partial charge in [0.05, 0.1) is 17.9 Å². The number of carbonyl (C=O) groups excluding carboxylic acids is 3. The van der Waals surface area contributed by atoms with E-state index in [-0.39, 0.29) is 24.3 Å². The van der Waals surface area contributed by atoms with Gasteiger partial charge in [-0.25, -0.2) is 0 Å². The first kappa shape index (κ1) is 20.0. The molecule has 2 saturated heterocycles. The Balaban J connectivity index is 1.81. The zero-order valence-corrected chi connectivity index (χ0v) is 16.9. The van der Waals surface area contributed by atoms with Crippen molar-refractivity contribution in [2.75, 3.05) is 25.6 Å². The molecule has 0 aliphatic carbocycles. The minimum absolute atomic E-state index is 0.241. The van der Waals surface area contributed by atoms with Gasteiger partial charge in [0, 0.05) is 37.6 Å². The highest BCUT2D eigenvalue weighted by Gasteiger charge is 2.70. The van der Waals surface area contributed by atoms with Gasteiger partial charge < -0.3 is 15.2 Å². The maximum atomic E-state index is 13.4. The van der Waals surface area contributed by atoms with Gasteiger partial charge in [-0.2, -0.15) is 0 Å². The Labute approximate surface area is 169 Å². The quantitative estimate of drug-likeness (QED) is 0.470. The van der Waals surface area contributed by atoms with Crippen LogP contribution in [0.4, 0.5) is 5.69 Å². The highest BCUT2D eigenvalue weighted by atomic mass is 16.5. The molecule has 3 amide bonds. The summed E-state index contributed by atoms with van der Waals surface area (Å²) >= 11 is 0. The first-order chi connectivity index (χ1) is 13.9. The molecule has 1 spiro atoms. The van der Waals surface area contributed by atoms with Crippen molar-refractivity contribution in [3.63, 3.8) is 0 Å². The predicted molar refractivity (Wildman–Crippen MR) is 105 cm³/mol. The number of imide groups is 1. The van der Waals surface area contributed by atoms with Crippen molar-refractivity contribution >= 4 is 23.4 Å². The summed E-state index contributed by atoms with van der Waals surface area (Å²) in [5.41, 5.74) is 1.00. The number of carbonyl (C=O) groups is 3. The minimum Gasteiger partial charge on any atom is -0.392 e. The summed E-state index contributed by atoms with van der Waals surface area (Å²) in [7, 11) is 1.57. The summed E-state index contributed by atoms with van der Waals surface area (Å²) in [6, 6.07) is 5.01. The number of hydrogen-bond acceptors (Lipinski definition) is 6. The number of hydrogen-bond donors (Lipinski definition) is 3. The van der Waals surface area contributed by atoms with E-state index in [1.807, 2.05) is 25.1 Å². The molecular formula is C21H27N3O5. The molecule has 5 atom stereocenters. The van der Waals surface area contributed by atoms with E-state index in [9.17, 15) is 19.5 Å². The van der Waals surface area contributed by atoms with Crippen LogP contribution in [0.1, 0.15) is 31.4 Å². The highest BCUT2D eigenvalue weighted by molar-refractivity contribution is 6.15. The van der Waals surface area contributed by atoms with Gasteiger partial charge in [-0.3, -0.25) is 24.6 Å². The lowest BCUT2D eigenvalue weighted by molar-refractivity contribution is -0.143. The molecule has 3 heterocycles. The van der Waals surface area contributed by atoms with E-state index >= 15 is 0 Å². The Bertz CT molecular complexity index is 870. The molecule has 3 aliphatic rings. The number of likely N-dealkylation sites (tertiary alicyclic amines) is 1. The lowest BCUT2D eigenvalue weighted by Crippen LogP contribution is -2.54. The molecule has 156 valence electrons. The molecule has 1 aromatic carbocycles. The minimum atomic E-state index is -1.35. The number of methoxy groups -OCH3 is 1. The Morgan fingerprint density at radius 3 is 2.69 bits per heavy atom. The smallest absolute Gasteiger partial charge is 0.250 e. The van der Waals surface area contributed by atoms with Gasteiger partial charge >= 0.3 is 0 Å². The Morgan fingerprint density at radius 1 is 1.28 bits per heavy atom. The van der Waals surface area contributed by atoms with E-state index in [1.54, 1.807) is 14.0 Å². The maximum Gasteiger partial charge on any atom is 0.250 e. The number of aliphatic hydroxyl groups excluding tert-OH is 1. The van der Waals surface area contributed by atoms with Crippen molar-refractivity contribution in [3.8, 4) is 0 Å². The van der Waals surface area contributed by atoms with E-state index in [2.05, 4.69) is 10.6 Å². The van der Waals surface area contributed by atoms with E-state index in [1.165, 1.54) is 4.90 Å². The molecule has 0 bridgehead atoms. The molecule has 0 aromatic heterocycles. The molecule has 3 N–H and O–H groups in total. The van der Waals surface area contributed by atoms with Crippen LogP contribution >= 0.6 is 0 Å².